The van der Waals surface area contributed by atoms with Crippen molar-refractivity contribution in [3.8, 4) is 0 Å². The third-order valence-corrected chi connectivity index (χ3v) is 3.32. The van der Waals surface area contributed by atoms with E-state index in [-0.39, 0.29) is 0 Å². The molecule has 0 radical (unpaired) electrons. The Bertz CT molecular complexity index is 723. The van der Waals surface area contributed by atoms with Gasteiger partial charge in [0.25, 0.3) is 0 Å². The predicted octanol–water partition coefficient (Wildman–Crippen LogP) is 3.81. The van der Waals surface area contributed by atoms with Crippen LogP contribution in [-0.4, -0.2) is 15.0 Å². The van der Waals surface area contributed by atoms with Crippen LogP contribution >= 0.6 is 23.2 Å². The highest BCUT2D eigenvalue weighted by atomic mass is 35.5. The molecular weight excluding hydrogens is 283 g/mol. The van der Waals surface area contributed by atoms with Crippen LogP contribution < -0.4 is 5.32 Å². The normalized spacial score (nSPS) is 10.8. The quantitative estimate of drug-likeness (QED) is 0.798. The van der Waals surface area contributed by atoms with Gasteiger partial charge in [-0.25, -0.2) is 4.68 Å². The average molecular weight is 293 g/mol. The number of halogens is 2. The molecule has 4 nitrogen and oxygen atoms in total. The summed E-state index contributed by atoms with van der Waals surface area (Å²) in [4.78, 5) is 0. The van der Waals surface area contributed by atoms with Crippen molar-refractivity contribution in [1.82, 2.24) is 15.0 Å². The molecule has 1 aromatic heterocycles. The molecule has 0 saturated carbocycles. The monoisotopic (exact) mass is 292 g/mol. The Morgan fingerprint density at radius 2 is 1.95 bits per heavy atom. The maximum atomic E-state index is 6.10. The largest absolute Gasteiger partial charge is 0.365 e. The lowest BCUT2D eigenvalue weighted by Gasteiger charge is -2.08. The van der Waals surface area contributed by atoms with Gasteiger partial charge in [0.15, 0.2) is 0 Å². The van der Waals surface area contributed by atoms with E-state index in [9.17, 15) is 0 Å². The zero-order valence-corrected chi connectivity index (χ0v) is 11.4. The molecule has 0 unspecified atom stereocenters. The van der Waals surface area contributed by atoms with E-state index in [0.717, 1.165) is 16.7 Å². The van der Waals surface area contributed by atoms with Crippen LogP contribution in [0.15, 0.2) is 42.5 Å². The van der Waals surface area contributed by atoms with Crippen LogP contribution in [0, 0.1) is 0 Å². The van der Waals surface area contributed by atoms with Crippen molar-refractivity contribution in [2.75, 3.05) is 5.32 Å². The standard InChI is InChI=1S/C13H10Cl2N4/c14-9-5-6-11(10(15)7-9)16-8-19-13-4-2-1-3-12(13)17-18-19/h1-7,16H,8H2. The van der Waals surface area contributed by atoms with E-state index < -0.39 is 0 Å². The molecule has 0 bridgehead atoms. The lowest BCUT2D eigenvalue weighted by atomic mass is 10.3. The minimum atomic E-state index is 0.488. The second-order valence-corrected chi connectivity index (χ2v) is 4.88. The zero-order valence-electron chi connectivity index (χ0n) is 9.85. The summed E-state index contributed by atoms with van der Waals surface area (Å²) < 4.78 is 1.78. The lowest BCUT2D eigenvalue weighted by Crippen LogP contribution is -2.09. The summed E-state index contributed by atoms with van der Waals surface area (Å²) in [5.74, 6) is 0. The van der Waals surface area contributed by atoms with Crippen LogP contribution in [0.2, 0.25) is 10.0 Å². The molecule has 1 heterocycles. The van der Waals surface area contributed by atoms with E-state index in [2.05, 4.69) is 15.6 Å². The number of benzene rings is 2. The van der Waals surface area contributed by atoms with Crippen LogP contribution in [0.25, 0.3) is 11.0 Å². The molecule has 6 heteroatoms. The molecule has 0 saturated heterocycles. The summed E-state index contributed by atoms with van der Waals surface area (Å²) >= 11 is 12.0. The van der Waals surface area contributed by atoms with E-state index in [4.69, 9.17) is 23.2 Å². The van der Waals surface area contributed by atoms with E-state index >= 15 is 0 Å². The Labute approximate surface area is 119 Å². The molecule has 0 fully saturated rings. The van der Waals surface area contributed by atoms with Gasteiger partial charge in [0.1, 0.15) is 12.2 Å². The van der Waals surface area contributed by atoms with Gasteiger partial charge in [-0.1, -0.05) is 40.5 Å². The number of aromatic nitrogens is 3. The summed E-state index contributed by atoms with van der Waals surface area (Å²) in [6.45, 7) is 0.488. The minimum Gasteiger partial charge on any atom is -0.365 e. The molecule has 0 amide bonds. The van der Waals surface area contributed by atoms with Gasteiger partial charge in [-0.05, 0) is 30.3 Å². The number of hydrogen-bond donors (Lipinski definition) is 1. The highest BCUT2D eigenvalue weighted by Gasteiger charge is 2.04. The first-order valence-corrected chi connectivity index (χ1v) is 6.47. The summed E-state index contributed by atoms with van der Waals surface area (Å²) in [6, 6.07) is 13.1. The number of hydrogen-bond acceptors (Lipinski definition) is 3. The molecule has 0 aliphatic heterocycles. The number of para-hydroxylation sites is 1. The van der Waals surface area contributed by atoms with Gasteiger partial charge in [-0.3, -0.25) is 0 Å². The Kier molecular flexibility index (Phi) is 3.27. The highest BCUT2D eigenvalue weighted by molar-refractivity contribution is 6.36. The van der Waals surface area contributed by atoms with Crippen molar-refractivity contribution in [1.29, 1.82) is 0 Å². The fraction of sp³-hybridized carbons (Fsp3) is 0.0769. The van der Waals surface area contributed by atoms with Gasteiger partial charge >= 0.3 is 0 Å². The van der Waals surface area contributed by atoms with Crippen LogP contribution in [0.4, 0.5) is 5.69 Å². The van der Waals surface area contributed by atoms with Gasteiger partial charge < -0.3 is 5.32 Å². The fourth-order valence-electron chi connectivity index (χ4n) is 1.83. The topological polar surface area (TPSA) is 42.7 Å². The minimum absolute atomic E-state index is 0.488. The molecule has 0 atom stereocenters. The number of rotatable bonds is 3. The maximum absolute atomic E-state index is 6.10. The van der Waals surface area contributed by atoms with Crippen LogP contribution in [0.5, 0.6) is 0 Å². The number of nitrogens with one attached hydrogen (secondary N) is 1. The summed E-state index contributed by atoms with van der Waals surface area (Å²) in [5.41, 5.74) is 2.65. The molecular formula is C13H10Cl2N4. The smallest absolute Gasteiger partial charge is 0.113 e. The van der Waals surface area contributed by atoms with Crippen molar-refractivity contribution in [3.63, 3.8) is 0 Å². The zero-order chi connectivity index (χ0) is 13.2. The Morgan fingerprint density at radius 1 is 1.11 bits per heavy atom. The Hall–Kier alpha value is -1.78. The highest BCUT2D eigenvalue weighted by Crippen LogP contribution is 2.25. The first-order valence-electron chi connectivity index (χ1n) is 5.71. The van der Waals surface area contributed by atoms with Crippen molar-refractivity contribution >= 4 is 39.9 Å². The van der Waals surface area contributed by atoms with E-state index in [1.807, 2.05) is 30.3 Å². The van der Waals surface area contributed by atoms with Crippen LogP contribution in [0.1, 0.15) is 0 Å². The second kappa shape index (κ2) is 5.07. The molecule has 2 aromatic carbocycles. The summed E-state index contributed by atoms with van der Waals surface area (Å²) in [6.07, 6.45) is 0. The van der Waals surface area contributed by atoms with Crippen molar-refractivity contribution in [3.05, 3.63) is 52.5 Å². The maximum Gasteiger partial charge on any atom is 0.113 e. The lowest BCUT2D eigenvalue weighted by molar-refractivity contribution is 0.655. The molecule has 3 aromatic rings. The van der Waals surface area contributed by atoms with E-state index in [0.29, 0.717) is 16.7 Å². The third kappa shape index (κ3) is 2.50. The van der Waals surface area contributed by atoms with Crippen molar-refractivity contribution in [2.45, 2.75) is 6.67 Å². The molecule has 0 spiro atoms. The molecule has 0 aliphatic carbocycles. The van der Waals surface area contributed by atoms with E-state index in [1.54, 1.807) is 16.8 Å². The molecule has 96 valence electrons. The Morgan fingerprint density at radius 3 is 2.79 bits per heavy atom. The number of fused-ring (bicyclic) bond motifs is 1. The number of nitrogens with zero attached hydrogens (tertiary/aromatic N) is 3. The van der Waals surface area contributed by atoms with Gasteiger partial charge in [-0.2, -0.15) is 0 Å². The SMILES string of the molecule is Clc1ccc(NCn2nnc3ccccc32)c(Cl)c1. The van der Waals surface area contributed by atoms with Gasteiger partial charge in [0.2, 0.25) is 0 Å². The van der Waals surface area contributed by atoms with Gasteiger partial charge in [-0.15, -0.1) is 5.10 Å². The third-order valence-electron chi connectivity index (χ3n) is 2.77. The summed E-state index contributed by atoms with van der Waals surface area (Å²) in [5, 5.41) is 12.6. The molecule has 0 aliphatic rings. The first-order chi connectivity index (χ1) is 9.24. The summed E-state index contributed by atoms with van der Waals surface area (Å²) in [7, 11) is 0. The fourth-order valence-corrected chi connectivity index (χ4v) is 2.30. The Balaban J connectivity index is 1.82. The predicted molar refractivity (Wildman–Crippen MR) is 77.6 cm³/mol. The second-order valence-electron chi connectivity index (χ2n) is 4.04. The van der Waals surface area contributed by atoms with E-state index in [1.165, 1.54) is 0 Å². The van der Waals surface area contributed by atoms with Crippen molar-refractivity contribution in [2.24, 2.45) is 0 Å². The van der Waals surface area contributed by atoms with Crippen LogP contribution in [-0.2, 0) is 6.67 Å². The van der Waals surface area contributed by atoms with Crippen LogP contribution in [0.3, 0.4) is 0 Å². The first kappa shape index (κ1) is 12.3. The number of anilines is 1. The molecule has 1 N–H and O–H groups in total. The molecule has 19 heavy (non-hydrogen) atoms. The van der Waals surface area contributed by atoms with Gasteiger partial charge in [0, 0.05) is 5.02 Å². The van der Waals surface area contributed by atoms with Gasteiger partial charge in [0.05, 0.1) is 16.2 Å². The van der Waals surface area contributed by atoms with Crippen molar-refractivity contribution < 1.29 is 0 Å². The average Bonchev–Trinajstić information content (AvgIpc) is 2.81. The molecule has 3 rings (SSSR count).